The van der Waals surface area contributed by atoms with Gasteiger partial charge in [-0.15, -0.1) is 0 Å². The van der Waals surface area contributed by atoms with Gasteiger partial charge in [0.2, 0.25) is 0 Å². The Hall–Kier alpha value is -2.38. The molecule has 1 saturated heterocycles. The number of carbonyl (C=O) groups is 1. The minimum absolute atomic E-state index is 0.251. The van der Waals surface area contributed by atoms with Gasteiger partial charge in [-0.2, -0.15) is 5.10 Å². The zero-order chi connectivity index (χ0) is 17.3. The van der Waals surface area contributed by atoms with Crippen LogP contribution in [0.25, 0.3) is 11.0 Å². The first kappa shape index (κ1) is 16.5. The quantitative estimate of drug-likeness (QED) is 0.793. The van der Waals surface area contributed by atoms with Gasteiger partial charge < -0.3 is 14.5 Å². The summed E-state index contributed by atoms with van der Waals surface area (Å²) in [6.07, 6.45) is 3.97. The summed E-state index contributed by atoms with van der Waals surface area (Å²) in [6.45, 7) is 8.49. The van der Waals surface area contributed by atoms with Crippen LogP contribution in [0, 0.1) is 0 Å². The van der Waals surface area contributed by atoms with Gasteiger partial charge in [0.15, 0.2) is 5.65 Å². The number of fused-ring (bicyclic) bond motifs is 1. The first-order valence-electron chi connectivity index (χ1n) is 8.21. The third-order valence-electron chi connectivity index (χ3n) is 3.96. The molecule has 3 rings (SSSR count). The third-order valence-corrected chi connectivity index (χ3v) is 3.96. The average Bonchev–Trinajstić information content (AvgIpc) is 2.73. The van der Waals surface area contributed by atoms with Gasteiger partial charge in [0.1, 0.15) is 17.7 Å². The highest BCUT2D eigenvalue weighted by atomic mass is 16.6. The van der Waals surface area contributed by atoms with Crippen molar-refractivity contribution >= 4 is 22.9 Å². The van der Waals surface area contributed by atoms with E-state index < -0.39 is 5.60 Å². The SMILES string of the molecule is Cn1ncc2c(N3CCCN(C(=O)OC(C)(C)C)CC3)ncnc21. The summed E-state index contributed by atoms with van der Waals surface area (Å²) in [5, 5.41) is 5.20. The Kier molecular flexibility index (Phi) is 4.29. The monoisotopic (exact) mass is 332 g/mol. The molecule has 24 heavy (non-hydrogen) atoms. The van der Waals surface area contributed by atoms with Gasteiger partial charge in [0, 0.05) is 33.2 Å². The topological polar surface area (TPSA) is 76.4 Å². The second-order valence-corrected chi connectivity index (χ2v) is 7.01. The van der Waals surface area contributed by atoms with Crippen molar-refractivity contribution in [2.24, 2.45) is 7.05 Å². The summed E-state index contributed by atoms with van der Waals surface area (Å²) in [5.74, 6) is 0.874. The van der Waals surface area contributed by atoms with E-state index in [1.807, 2.05) is 27.8 Å². The third kappa shape index (κ3) is 3.42. The molecule has 8 nitrogen and oxygen atoms in total. The standard InChI is InChI=1S/C16H24N6O2/c1-16(2,3)24-15(23)22-7-5-6-21(8-9-22)14-12-10-19-20(4)13(12)17-11-18-14/h10-11H,5-9H2,1-4H3. The van der Waals surface area contributed by atoms with Crippen LogP contribution in [0.5, 0.6) is 0 Å². The zero-order valence-electron chi connectivity index (χ0n) is 14.7. The molecule has 0 aliphatic carbocycles. The van der Waals surface area contributed by atoms with Crippen LogP contribution < -0.4 is 4.90 Å². The Morgan fingerprint density at radius 2 is 1.96 bits per heavy atom. The van der Waals surface area contributed by atoms with Crippen molar-refractivity contribution in [3.8, 4) is 0 Å². The lowest BCUT2D eigenvalue weighted by Gasteiger charge is -2.26. The summed E-state index contributed by atoms with van der Waals surface area (Å²) in [5.41, 5.74) is 0.339. The van der Waals surface area contributed by atoms with Crippen LogP contribution in [-0.4, -0.2) is 62.5 Å². The van der Waals surface area contributed by atoms with E-state index in [0.717, 1.165) is 29.8 Å². The summed E-state index contributed by atoms with van der Waals surface area (Å²) < 4.78 is 7.22. The van der Waals surface area contributed by atoms with E-state index >= 15 is 0 Å². The molecule has 0 spiro atoms. The molecule has 3 heterocycles. The highest BCUT2D eigenvalue weighted by molar-refractivity contribution is 5.86. The fourth-order valence-corrected chi connectivity index (χ4v) is 2.84. The highest BCUT2D eigenvalue weighted by Crippen LogP contribution is 2.23. The van der Waals surface area contributed by atoms with Crippen molar-refractivity contribution < 1.29 is 9.53 Å². The number of aromatic nitrogens is 4. The van der Waals surface area contributed by atoms with Gasteiger partial charge in [-0.3, -0.25) is 4.68 Å². The maximum atomic E-state index is 12.3. The van der Waals surface area contributed by atoms with Gasteiger partial charge in [0.25, 0.3) is 0 Å². The minimum Gasteiger partial charge on any atom is -0.444 e. The van der Waals surface area contributed by atoms with Crippen LogP contribution in [0.4, 0.5) is 10.6 Å². The number of aryl methyl sites for hydroxylation is 1. The second kappa shape index (κ2) is 6.26. The molecule has 0 bridgehead atoms. The summed E-state index contributed by atoms with van der Waals surface area (Å²) in [6, 6.07) is 0. The molecule has 0 saturated carbocycles. The van der Waals surface area contributed by atoms with Crippen molar-refractivity contribution in [3.63, 3.8) is 0 Å². The number of hydrogen-bond acceptors (Lipinski definition) is 6. The molecule has 8 heteroatoms. The fraction of sp³-hybridized carbons (Fsp3) is 0.625. The lowest BCUT2D eigenvalue weighted by molar-refractivity contribution is 0.0263. The van der Waals surface area contributed by atoms with Gasteiger partial charge in [0.05, 0.1) is 11.6 Å². The van der Waals surface area contributed by atoms with E-state index in [0.29, 0.717) is 19.6 Å². The van der Waals surface area contributed by atoms with E-state index in [-0.39, 0.29) is 6.09 Å². The maximum absolute atomic E-state index is 12.3. The molecule has 1 amide bonds. The van der Waals surface area contributed by atoms with E-state index in [4.69, 9.17) is 4.74 Å². The minimum atomic E-state index is -0.475. The number of rotatable bonds is 1. The second-order valence-electron chi connectivity index (χ2n) is 7.01. The van der Waals surface area contributed by atoms with Gasteiger partial charge >= 0.3 is 6.09 Å². The number of anilines is 1. The molecule has 1 fully saturated rings. The first-order chi connectivity index (χ1) is 11.3. The average molecular weight is 332 g/mol. The van der Waals surface area contributed by atoms with Gasteiger partial charge in [-0.25, -0.2) is 14.8 Å². The molecule has 1 aliphatic rings. The molecular formula is C16H24N6O2. The van der Waals surface area contributed by atoms with E-state index in [9.17, 15) is 4.79 Å². The number of amides is 1. The summed E-state index contributed by atoms with van der Waals surface area (Å²) in [7, 11) is 1.87. The number of nitrogens with zero attached hydrogens (tertiary/aromatic N) is 6. The first-order valence-corrected chi connectivity index (χ1v) is 8.21. The van der Waals surface area contributed by atoms with Crippen molar-refractivity contribution in [2.75, 3.05) is 31.1 Å². The van der Waals surface area contributed by atoms with Crippen LogP contribution in [0.1, 0.15) is 27.2 Å². The predicted molar refractivity (Wildman–Crippen MR) is 90.9 cm³/mol. The van der Waals surface area contributed by atoms with Crippen molar-refractivity contribution in [1.82, 2.24) is 24.6 Å². The smallest absolute Gasteiger partial charge is 0.410 e. The molecule has 2 aromatic heterocycles. The van der Waals surface area contributed by atoms with Crippen LogP contribution in [0.3, 0.4) is 0 Å². The molecule has 1 aliphatic heterocycles. The molecular weight excluding hydrogens is 308 g/mol. The molecule has 0 atom stereocenters. The molecule has 2 aromatic rings. The predicted octanol–water partition coefficient (Wildman–Crippen LogP) is 1.81. The van der Waals surface area contributed by atoms with Crippen molar-refractivity contribution in [1.29, 1.82) is 0 Å². The molecule has 0 unspecified atom stereocenters. The Labute approximate surface area is 141 Å². The Bertz CT molecular complexity index is 736. The Morgan fingerprint density at radius 1 is 1.17 bits per heavy atom. The highest BCUT2D eigenvalue weighted by Gasteiger charge is 2.25. The lowest BCUT2D eigenvalue weighted by atomic mass is 10.2. The maximum Gasteiger partial charge on any atom is 0.410 e. The number of carbonyl (C=O) groups excluding carboxylic acids is 1. The molecule has 130 valence electrons. The van der Waals surface area contributed by atoms with E-state index in [1.54, 1.807) is 22.1 Å². The fourth-order valence-electron chi connectivity index (χ4n) is 2.84. The number of hydrogen-bond donors (Lipinski definition) is 0. The Morgan fingerprint density at radius 3 is 2.71 bits per heavy atom. The lowest BCUT2D eigenvalue weighted by Crippen LogP contribution is -2.39. The van der Waals surface area contributed by atoms with Crippen molar-refractivity contribution in [2.45, 2.75) is 32.8 Å². The summed E-state index contributed by atoms with van der Waals surface area (Å²) in [4.78, 5) is 25.0. The molecule has 0 N–H and O–H groups in total. The van der Waals surface area contributed by atoms with Gasteiger partial charge in [-0.05, 0) is 27.2 Å². The normalized spacial score (nSPS) is 16.3. The van der Waals surface area contributed by atoms with E-state index in [2.05, 4.69) is 20.0 Å². The summed E-state index contributed by atoms with van der Waals surface area (Å²) >= 11 is 0. The van der Waals surface area contributed by atoms with E-state index in [1.165, 1.54) is 0 Å². The van der Waals surface area contributed by atoms with Crippen molar-refractivity contribution in [3.05, 3.63) is 12.5 Å². The largest absolute Gasteiger partial charge is 0.444 e. The van der Waals surface area contributed by atoms with Gasteiger partial charge in [-0.1, -0.05) is 0 Å². The number of ether oxygens (including phenoxy) is 1. The van der Waals surface area contributed by atoms with Crippen LogP contribution >= 0.6 is 0 Å². The molecule has 0 radical (unpaired) electrons. The van der Waals surface area contributed by atoms with Crippen LogP contribution in [0.2, 0.25) is 0 Å². The van der Waals surface area contributed by atoms with Crippen LogP contribution in [0.15, 0.2) is 12.5 Å². The van der Waals surface area contributed by atoms with Crippen LogP contribution in [-0.2, 0) is 11.8 Å². The molecule has 0 aromatic carbocycles. The zero-order valence-corrected chi connectivity index (χ0v) is 14.7. The Balaban J connectivity index is 1.74.